The van der Waals surface area contributed by atoms with E-state index in [9.17, 15) is 8.42 Å². The van der Waals surface area contributed by atoms with Crippen molar-refractivity contribution in [1.82, 2.24) is 24.7 Å². The zero-order chi connectivity index (χ0) is 19.7. The van der Waals surface area contributed by atoms with Crippen molar-refractivity contribution >= 4 is 20.9 Å². The molecular formula is C20H27N5O2S. The van der Waals surface area contributed by atoms with Crippen molar-refractivity contribution in [2.24, 2.45) is 0 Å². The van der Waals surface area contributed by atoms with Gasteiger partial charge in [-0.2, -0.15) is 5.10 Å². The average Bonchev–Trinajstić information content (AvgIpc) is 3.31. The first-order valence-electron chi connectivity index (χ1n) is 10.0. The molecule has 28 heavy (non-hydrogen) atoms. The van der Waals surface area contributed by atoms with E-state index in [0.717, 1.165) is 59.8 Å². The van der Waals surface area contributed by atoms with Crippen LogP contribution in [0.4, 0.5) is 0 Å². The maximum absolute atomic E-state index is 12.0. The molecule has 0 spiro atoms. The van der Waals surface area contributed by atoms with Gasteiger partial charge in [-0.05, 0) is 37.5 Å². The Kier molecular flexibility index (Phi) is 5.23. The number of hydrogen-bond donors (Lipinski definition) is 1. The number of unbranched alkanes of at least 4 members (excludes halogenated alkanes) is 2. The van der Waals surface area contributed by atoms with E-state index in [2.05, 4.69) is 29.0 Å². The molecule has 0 bridgehead atoms. The van der Waals surface area contributed by atoms with Crippen molar-refractivity contribution in [3.05, 3.63) is 41.2 Å². The van der Waals surface area contributed by atoms with Crippen LogP contribution in [0.25, 0.3) is 11.0 Å². The van der Waals surface area contributed by atoms with Gasteiger partial charge in [0.05, 0.1) is 28.6 Å². The summed E-state index contributed by atoms with van der Waals surface area (Å²) in [7, 11) is -2.97. The smallest absolute Gasteiger partial charge is 0.152 e. The number of nitrogens with one attached hydrogen (secondary N) is 1. The summed E-state index contributed by atoms with van der Waals surface area (Å²) in [6, 6.07) is 6.06. The number of benzene rings is 1. The second-order valence-corrected chi connectivity index (χ2v) is 9.98. The Hall–Kier alpha value is -2.22. The molecule has 3 aromatic rings. The topological polar surface area (TPSA) is 93.5 Å². The molecule has 1 aliphatic rings. The van der Waals surface area contributed by atoms with Crippen LogP contribution in [0.15, 0.2) is 18.2 Å². The number of aryl methyl sites for hydroxylation is 2. The highest BCUT2D eigenvalue weighted by Gasteiger charge is 2.31. The van der Waals surface area contributed by atoms with Gasteiger partial charge in [-0.3, -0.25) is 0 Å². The van der Waals surface area contributed by atoms with Gasteiger partial charge in [-0.1, -0.05) is 25.8 Å². The predicted octanol–water partition coefficient (Wildman–Crippen LogP) is 3.15. The summed E-state index contributed by atoms with van der Waals surface area (Å²) in [6.45, 7) is 4.12. The highest BCUT2D eigenvalue weighted by Crippen LogP contribution is 2.26. The molecule has 1 aromatic carbocycles. The zero-order valence-corrected chi connectivity index (χ0v) is 17.3. The van der Waals surface area contributed by atoms with Crippen molar-refractivity contribution in [3.63, 3.8) is 0 Å². The fraction of sp³-hybridized carbons (Fsp3) is 0.550. The van der Waals surface area contributed by atoms with Crippen LogP contribution >= 0.6 is 0 Å². The number of fused-ring (bicyclic) bond motifs is 1. The SMILES string of the molecule is CCCCCc1nc(Cc2ccc3nc(C)[nH]c3c2)n(C2CCS(=O)(=O)C2)n1. The summed E-state index contributed by atoms with van der Waals surface area (Å²) in [5.74, 6) is 2.97. The summed E-state index contributed by atoms with van der Waals surface area (Å²) in [6.07, 6.45) is 5.45. The van der Waals surface area contributed by atoms with Gasteiger partial charge < -0.3 is 4.98 Å². The molecule has 1 atom stereocenters. The Morgan fingerprint density at radius 3 is 2.86 bits per heavy atom. The fourth-order valence-electron chi connectivity index (χ4n) is 3.90. The quantitative estimate of drug-likeness (QED) is 0.614. The molecular weight excluding hydrogens is 374 g/mol. The Morgan fingerprint density at radius 1 is 1.25 bits per heavy atom. The molecule has 2 aromatic heterocycles. The van der Waals surface area contributed by atoms with Gasteiger partial charge in [0.25, 0.3) is 0 Å². The van der Waals surface area contributed by atoms with E-state index in [-0.39, 0.29) is 17.5 Å². The van der Waals surface area contributed by atoms with Gasteiger partial charge in [-0.15, -0.1) is 0 Å². The molecule has 0 radical (unpaired) electrons. The lowest BCUT2D eigenvalue weighted by molar-refractivity contribution is 0.477. The lowest BCUT2D eigenvalue weighted by Gasteiger charge is -2.11. The van der Waals surface area contributed by atoms with Gasteiger partial charge in [0, 0.05) is 12.8 Å². The van der Waals surface area contributed by atoms with Crippen LogP contribution < -0.4 is 0 Å². The van der Waals surface area contributed by atoms with Crippen molar-refractivity contribution in [2.75, 3.05) is 11.5 Å². The van der Waals surface area contributed by atoms with Crippen LogP contribution in [0.5, 0.6) is 0 Å². The Morgan fingerprint density at radius 2 is 2.11 bits per heavy atom. The molecule has 1 fully saturated rings. The van der Waals surface area contributed by atoms with Gasteiger partial charge in [-0.25, -0.2) is 23.1 Å². The molecule has 150 valence electrons. The number of sulfone groups is 1. The molecule has 3 heterocycles. The number of aromatic amines is 1. The molecule has 1 N–H and O–H groups in total. The van der Waals surface area contributed by atoms with Crippen LogP contribution in [-0.2, 0) is 22.7 Å². The largest absolute Gasteiger partial charge is 0.342 e. The molecule has 7 nitrogen and oxygen atoms in total. The van der Waals surface area contributed by atoms with Crippen molar-refractivity contribution in [2.45, 2.75) is 58.4 Å². The highest BCUT2D eigenvalue weighted by molar-refractivity contribution is 7.91. The van der Waals surface area contributed by atoms with E-state index in [4.69, 9.17) is 10.1 Å². The van der Waals surface area contributed by atoms with Crippen LogP contribution in [0.3, 0.4) is 0 Å². The standard InChI is InChI=1S/C20H27N5O2S/c1-3-4-5-6-19-23-20(25(24-19)16-9-10-28(26,27)13-16)12-15-7-8-17-18(11-15)22-14(2)21-17/h7-8,11,16H,3-6,9-10,12-13H2,1-2H3,(H,21,22). The second kappa shape index (κ2) is 7.66. The number of imidazole rings is 1. The monoisotopic (exact) mass is 401 g/mol. The minimum atomic E-state index is -2.97. The number of aromatic nitrogens is 5. The summed E-state index contributed by atoms with van der Waals surface area (Å²) in [4.78, 5) is 12.5. The Labute approximate surface area is 165 Å². The number of H-pyrrole nitrogens is 1. The van der Waals surface area contributed by atoms with E-state index in [1.54, 1.807) is 0 Å². The fourth-order valence-corrected chi connectivity index (χ4v) is 5.59. The Bertz CT molecular complexity index is 1080. The van der Waals surface area contributed by atoms with E-state index in [1.807, 2.05) is 17.7 Å². The minimum absolute atomic E-state index is 0.106. The van der Waals surface area contributed by atoms with E-state index >= 15 is 0 Å². The molecule has 0 aliphatic carbocycles. The average molecular weight is 402 g/mol. The number of hydrogen-bond acceptors (Lipinski definition) is 5. The van der Waals surface area contributed by atoms with Gasteiger partial charge in [0.2, 0.25) is 0 Å². The van der Waals surface area contributed by atoms with Gasteiger partial charge in [0.1, 0.15) is 11.6 Å². The first-order chi connectivity index (χ1) is 13.4. The minimum Gasteiger partial charge on any atom is -0.342 e. The van der Waals surface area contributed by atoms with Gasteiger partial charge >= 0.3 is 0 Å². The molecule has 1 aliphatic heterocycles. The molecule has 1 saturated heterocycles. The molecule has 8 heteroatoms. The normalized spacial score (nSPS) is 18.9. The van der Waals surface area contributed by atoms with Crippen molar-refractivity contribution < 1.29 is 8.42 Å². The molecule has 4 rings (SSSR count). The van der Waals surface area contributed by atoms with Crippen LogP contribution in [-0.4, -0.2) is 44.7 Å². The highest BCUT2D eigenvalue weighted by atomic mass is 32.2. The third-order valence-corrected chi connectivity index (χ3v) is 7.08. The van der Waals surface area contributed by atoms with Crippen molar-refractivity contribution in [1.29, 1.82) is 0 Å². The van der Waals surface area contributed by atoms with Crippen LogP contribution in [0.1, 0.15) is 61.7 Å². The molecule has 0 saturated carbocycles. The van der Waals surface area contributed by atoms with E-state index in [1.165, 1.54) is 0 Å². The number of nitrogens with zero attached hydrogens (tertiary/aromatic N) is 4. The van der Waals surface area contributed by atoms with Crippen LogP contribution in [0, 0.1) is 6.92 Å². The summed E-state index contributed by atoms with van der Waals surface area (Å²) in [5.41, 5.74) is 3.07. The first kappa shape index (κ1) is 19.1. The second-order valence-electron chi connectivity index (χ2n) is 7.75. The van der Waals surface area contributed by atoms with Gasteiger partial charge in [0.15, 0.2) is 15.7 Å². The van der Waals surface area contributed by atoms with E-state index in [0.29, 0.717) is 12.8 Å². The summed E-state index contributed by atoms with van der Waals surface area (Å²) >= 11 is 0. The lowest BCUT2D eigenvalue weighted by Crippen LogP contribution is -2.16. The number of rotatable bonds is 7. The van der Waals surface area contributed by atoms with Crippen LogP contribution in [0.2, 0.25) is 0 Å². The predicted molar refractivity (Wildman–Crippen MR) is 109 cm³/mol. The third kappa shape index (κ3) is 4.11. The Balaban J connectivity index is 1.62. The summed E-state index contributed by atoms with van der Waals surface area (Å²) in [5, 5.41) is 4.71. The molecule has 0 amide bonds. The molecule has 1 unspecified atom stereocenters. The summed E-state index contributed by atoms with van der Waals surface area (Å²) < 4.78 is 25.8. The van der Waals surface area contributed by atoms with Crippen molar-refractivity contribution in [3.8, 4) is 0 Å². The van der Waals surface area contributed by atoms with E-state index < -0.39 is 9.84 Å². The lowest BCUT2D eigenvalue weighted by atomic mass is 10.1. The first-order valence-corrected chi connectivity index (χ1v) is 11.9. The zero-order valence-electron chi connectivity index (χ0n) is 16.5. The maximum atomic E-state index is 12.0. The maximum Gasteiger partial charge on any atom is 0.152 e. The third-order valence-electron chi connectivity index (χ3n) is 5.33.